The molecule has 0 saturated carbocycles. The van der Waals surface area contributed by atoms with E-state index in [0.717, 1.165) is 30.5 Å². The van der Waals surface area contributed by atoms with Crippen molar-refractivity contribution in [1.82, 2.24) is 9.88 Å². The Balaban J connectivity index is 2.51. The van der Waals surface area contributed by atoms with Crippen LogP contribution >= 0.6 is 0 Å². The Morgan fingerprint density at radius 2 is 2.19 bits per heavy atom. The van der Waals surface area contributed by atoms with Gasteiger partial charge in [0, 0.05) is 20.1 Å². The zero-order valence-electron chi connectivity index (χ0n) is 10.8. The van der Waals surface area contributed by atoms with Crippen molar-refractivity contribution in [2.75, 3.05) is 26.0 Å². The second-order valence-electron chi connectivity index (χ2n) is 4.47. The number of pyridine rings is 1. The van der Waals surface area contributed by atoms with Gasteiger partial charge in [-0.25, -0.2) is 4.98 Å². The van der Waals surface area contributed by atoms with E-state index in [4.69, 9.17) is 0 Å². The summed E-state index contributed by atoms with van der Waals surface area (Å²) in [4.78, 5) is 6.84. The lowest BCUT2D eigenvalue weighted by atomic mass is 10.1. The summed E-state index contributed by atoms with van der Waals surface area (Å²) in [5.41, 5.74) is 1.12. The van der Waals surface area contributed by atoms with Gasteiger partial charge in [0.15, 0.2) is 0 Å². The van der Waals surface area contributed by atoms with Crippen LogP contribution in [-0.4, -0.2) is 30.5 Å². The lowest BCUT2D eigenvalue weighted by Crippen LogP contribution is -2.24. The Kier molecular flexibility index (Phi) is 5.26. The van der Waals surface area contributed by atoms with E-state index in [1.54, 1.807) is 0 Å². The number of anilines is 1. The molecule has 0 aliphatic heterocycles. The summed E-state index contributed by atoms with van der Waals surface area (Å²) in [6.45, 7) is 6.56. The predicted octanol–water partition coefficient (Wildman–Crippen LogP) is 2.60. The van der Waals surface area contributed by atoms with Crippen LogP contribution in [0.5, 0.6) is 0 Å². The smallest absolute Gasteiger partial charge is 0.126 e. The van der Waals surface area contributed by atoms with Gasteiger partial charge in [0.2, 0.25) is 0 Å². The molecule has 0 spiro atoms. The molecule has 0 saturated heterocycles. The van der Waals surface area contributed by atoms with Gasteiger partial charge in [0.25, 0.3) is 0 Å². The quantitative estimate of drug-likeness (QED) is 0.800. The Labute approximate surface area is 98.9 Å². The molecule has 0 aromatic carbocycles. The largest absolute Gasteiger partial charge is 0.373 e. The Bertz CT molecular complexity index is 312. The average molecular weight is 221 g/mol. The molecule has 0 aliphatic rings. The SMILES string of the molecule is CCC(C)CN(C)Cc1cccc(NC)n1. The highest BCUT2D eigenvalue weighted by molar-refractivity contribution is 5.34. The van der Waals surface area contributed by atoms with Gasteiger partial charge in [0.05, 0.1) is 5.69 Å². The van der Waals surface area contributed by atoms with Crippen LogP contribution in [0.25, 0.3) is 0 Å². The summed E-state index contributed by atoms with van der Waals surface area (Å²) < 4.78 is 0. The highest BCUT2D eigenvalue weighted by Gasteiger charge is 2.06. The fourth-order valence-electron chi connectivity index (χ4n) is 1.71. The maximum Gasteiger partial charge on any atom is 0.126 e. The van der Waals surface area contributed by atoms with E-state index in [1.807, 2.05) is 19.2 Å². The van der Waals surface area contributed by atoms with E-state index in [1.165, 1.54) is 6.42 Å². The van der Waals surface area contributed by atoms with Gasteiger partial charge in [-0.15, -0.1) is 0 Å². The normalized spacial score (nSPS) is 12.8. The van der Waals surface area contributed by atoms with Crippen LogP contribution in [0.1, 0.15) is 26.0 Å². The van der Waals surface area contributed by atoms with Crippen molar-refractivity contribution in [3.05, 3.63) is 23.9 Å². The summed E-state index contributed by atoms with van der Waals surface area (Å²) >= 11 is 0. The Morgan fingerprint density at radius 3 is 2.81 bits per heavy atom. The van der Waals surface area contributed by atoms with Crippen LogP contribution in [0.2, 0.25) is 0 Å². The van der Waals surface area contributed by atoms with Crippen LogP contribution in [-0.2, 0) is 6.54 Å². The minimum atomic E-state index is 0.748. The van der Waals surface area contributed by atoms with Crippen molar-refractivity contribution >= 4 is 5.82 Å². The van der Waals surface area contributed by atoms with E-state index < -0.39 is 0 Å². The topological polar surface area (TPSA) is 28.2 Å². The first-order valence-corrected chi connectivity index (χ1v) is 5.98. The molecule has 0 bridgehead atoms. The number of hydrogen-bond acceptors (Lipinski definition) is 3. The number of nitrogens with one attached hydrogen (secondary N) is 1. The van der Waals surface area contributed by atoms with Crippen LogP contribution in [0.4, 0.5) is 5.82 Å². The highest BCUT2D eigenvalue weighted by atomic mass is 15.1. The molecule has 1 atom stereocenters. The molecule has 16 heavy (non-hydrogen) atoms. The lowest BCUT2D eigenvalue weighted by molar-refractivity contribution is 0.272. The first kappa shape index (κ1) is 13.0. The average Bonchev–Trinajstić information content (AvgIpc) is 2.28. The predicted molar refractivity (Wildman–Crippen MR) is 69.6 cm³/mol. The first-order valence-electron chi connectivity index (χ1n) is 5.98. The summed E-state index contributed by atoms with van der Waals surface area (Å²) in [5.74, 6) is 1.69. The molecule has 1 heterocycles. The summed E-state index contributed by atoms with van der Waals surface area (Å²) in [7, 11) is 4.05. The van der Waals surface area contributed by atoms with E-state index in [0.29, 0.717) is 0 Å². The molecule has 0 aliphatic carbocycles. The van der Waals surface area contributed by atoms with Crippen LogP contribution in [0.15, 0.2) is 18.2 Å². The van der Waals surface area contributed by atoms with Gasteiger partial charge in [-0.2, -0.15) is 0 Å². The van der Waals surface area contributed by atoms with Gasteiger partial charge >= 0.3 is 0 Å². The molecule has 1 rings (SSSR count). The van der Waals surface area contributed by atoms with Gasteiger partial charge in [0.1, 0.15) is 5.82 Å². The van der Waals surface area contributed by atoms with Gasteiger partial charge in [-0.05, 0) is 25.1 Å². The number of rotatable bonds is 6. The van der Waals surface area contributed by atoms with Gasteiger partial charge < -0.3 is 10.2 Å². The molecule has 3 nitrogen and oxygen atoms in total. The Hall–Kier alpha value is -1.09. The maximum absolute atomic E-state index is 4.51. The van der Waals surface area contributed by atoms with E-state index in [9.17, 15) is 0 Å². The zero-order chi connectivity index (χ0) is 12.0. The third-order valence-corrected chi connectivity index (χ3v) is 2.82. The third-order valence-electron chi connectivity index (χ3n) is 2.82. The first-order chi connectivity index (χ1) is 7.65. The van der Waals surface area contributed by atoms with Crippen molar-refractivity contribution in [2.45, 2.75) is 26.8 Å². The van der Waals surface area contributed by atoms with Crippen molar-refractivity contribution in [3.8, 4) is 0 Å². The van der Waals surface area contributed by atoms with Crippen molar-refractivity contribution in [1.29, 1.82) is 0 Å². The summed E-state index contributed by atoms with van der Waals surface area (Å²) in [5, 5.41) is 3.06. The molecule has 3 heteroatoms. The van der Waals surface area contributed by atoms with Crippen LogP contribution < -0.4 is 5.32 Å². The standard InChI is InChI=1S/C13H23N3/c1-5-11(2)9-16(4)10-12-7-6-8-13(14-3)15-12/h6-8,11H,5,9-10H2,1-4H3,(H,14,15). The molecule has 0 fully saturated rings. The molecule has 1 unspecified atom stereocenters. The molecular formula is C13H23N3. The second kappa shape index (κ2) is 6.48. The number of aromatic nitrogens is 1. The highest BCUT2D eigenvalue weighted by Crippen LogP contribution is 2.08. The minimum absolute atomic E-state index is 0.748. The summed E-state index contributed by atoms with van der Waals surface area (Å²) in [6.07, 6.45) is 1.23. The molecule has 1 aromatic rings. The fraction of sp³-hybridized carbons (Fsp3) is 0.615. The van der Waals surface area contributed by atoms with Gasteiger partial charge in [-0.1, -0.05) is 26.3 Å². The Morgan fingerprint density at radius 1 is 1.44 bits per heavy atom. The van der Waals surface area contributed by atoms with E-state index in [-0.39, 0.29) is 0 Å². The number of nitrogens with zero attached hydrogens (tertiary/aromatic N) is 2. The second-order valence-corrected chi connectivity index (χ2v) is 4.47. The minimum Gasteiger partial charge on any atom is -0.373 e. The van der Waals surface area contributed by atoms with E-state index in [2.05, 4.69) is 42.2 Å². The van der Waals surface area contributed by atoms with Crippen molar-refractivity contribution in [3.63, 3.8) is 0 Å². The molecular weight excluding hydrogens is 198 g/mol. The van der Waals surface area contributed by atoms with E-state index >= 15 is 0 Å². The molecule has 1 N–H and O–H groups in total. The molecule has 0 amide bonds. The molecule has 1 aromatic heterocycles. The maximum atomic E-state index is 4.51. The molecule has 90 valence electrons. The van der Waals surface area contributed by atoms with Crippen molar-refractivity contribution in [2.24, 2.45) is 5.92 Å². The number of hydrogen-bond donors (Lipinski definition) is 1. The van der Waals surface area contributed by atoms with Crippen molar-refractivity contribution < 1.29 is 0 Å². The monoisotopic (exact) mass is 221 g/mol. The fourth-order valence-corrected chi connectivity index (χ4v) is 1.71. The lowest BCUT2D eigenvalue weighted by Gasteiger charge is -2.20. The van der Waals surface area contributed by atoms with Crippen LogP contribution in [0, 0.1) is 5.92 Å². The summed E-state index contributed by atoms with van der Waals surface area (Å²) in [6, 6.07) is 6.11. The zero-order valence-corrected chi connectivity index (χ0v) is 10.8. The third kappa shape index (κ3) is 4.19. The van der Waals surface area contributed by atoms with Crippen LogP contribution in [0.3, 0.4) is 0 Å². The molecule has 0 radical (unpaired) electrons. The van der Waals surface area contributed by atoms with Gasteiger partial charge in [-0.3, -0.25) is 0 Å².